The first-order valence-electron chi connectivity index (χ1n) is 6.80. The summed E-state index contributed by atoms with van der Waals surface area (Å²) >= 11 is 0. The molecule has 0 radical (unpaired) electrons. The van der Waals surface area contributed by atoms with Crippen LogP contribution in [0.3, 0.4) is 0 Å². The van der Waals surface area contributed by atoms with Crippen LogP contribution in [-0.2, 0) is 9.84 Å². The van der Waals surface area contributed by atoms with E-state index in [0.717, 1.165) is 6.42 Å². The van der Waals surface area contributed by atoms with Gasteiger partial charge in [0.1, 0.15) is 0 Å². The van der Waals surface area contributed by atoms with Crippen LogP contribution < -0.4 is 11.1 Å². The van der Waals surface area contributed by atoms with Crippen molar-refractivity contribution in [1.82, 2.24) is 5.32 Å². The molecule has 0 spiro atoms. The summed E-state index contributed by atoms with van der Waals surface area (Å²) in [5.74, 6) is 0.303. The third kappa shape index (κ3) is 2.10. The summed E-state index contributed by atoms with van der Waals surface area (Å²) in [6.45, 7) is 2.09. The highest BCUT2D eigenvalue weighted by Gasteiger charge is 2.49. The second-order valence-electron chi connectivity index (χ2n) is 5.81. The normalized spacial score (nSPS) is 38.3. The molecular formula is C14H20N2O2S. The number of nitrogens with two attached hydrogens (primary N) is 1. The molecule has 5 unspecified atom stereocenters. The van der Waals surface area contributed by atoms with E-state index in [0.29, 0.717) is 17.2 Å². The maximum atomic E-state index is 12.7. The fourth-order valence-electron chi connectivity index (χ4n) is 3.49. The zero-order valence-corrected chi connectivity index (χ0v) is 11.8. The molecule has 104 valence electrons. The van der Waals surface area contributed by atoms with E-state index < -0.39 is 9.84 Å². The molecule has 0 aliphatic carbocycles. The molecule has 19 heavy (non-hydrogen) atoms. The van der Waals surface area contributed by atoms with Gasteiger partial charge in [0.25, 0.3) is 0 Å². The molecule has 2 aliphatic rings. The van der Waals surface area contributed by atoms with Gasteiger partial charge in [0.05, 0.1) is 10.1 Å². The highest BCUT2D eigenvalue weighted by Crippen LogP contribution is 2.36. The van der Waals surface area contributed by atoms with Crippen molar-refractivity contribution in [3.8, 4) is 0 Å². The van der Waals surface area contributed by atoms with Crippen LogP contribution in [0, 0.1) is 5.92 Å². The van der Waals surface area contributed by atoms with E-state index in [1.807, 2.05) is 6.07 Å². The minimum atomic E-state index is -3.27. The summed E-state index contributed by atoms with van der Waals surface area (Å²) in [6.07, 6.45) is 1.54. The number of sulfone groups is 1. The third-order valence-corrected chi connectivity index (χ3v) is 6.75. The molecule has 0 amide bonds. The Labute approximate surface area is 114 Å². The van der Waals surface area contributed by atoms with Crippen molar-refractivity contribution < 1.29 is 8.42 Å². The van der Waals surface area contributed by atoms with E-state index in [2.05, 4.69) is 12.2 Å². The lowest BCUT2D eigenvalue weighted by atomic mass is 9.91. The van der Waals surface area contributed by atoms with Gasteiger partial charge in [-0.15, -0.1) is 0 Å². The minimum absolute atomic E-state index is 0.0370. The number of piperidine rings is 1. The van der Waals surface area contributed by atoms with E-state index in [-0.39, 0.29) is 23.4 Å². The maximum Gasteiger partial charge on any atom is 0.182 e. The van der Waals surface area contributed by atoms with Crippen LogP contribution in [0.2, 0.25) is 0 Å². The first-order valence-corrected chi connectivity index (χ1v) is 8.35. The van der Waals surface area contributed by atoms with Gasteiger partial charge in [-0.1, -0.05) is 25.1 Å². The molecule has 2 fully saturated rings. The van der Waals surface area contributed by atoms with Gasteiger partial charge in [-0.3, -0.25) is 0 Å². The van der Waals surface area contributed by atoms with Gasteiger partial charge in [0.15, 0.2) is 9.84 Å². The molecule has 2 heterocycles. The van der Waals surface area contributed by atoms with E-state index in [4.69, 9.17) is 5.73 Å². The van der Waals surface area contributed by atoms with E-state index >= 15 is 0 Å². The summed E-state index contributed by atoms with van der Waals surface area (Å²) in [5.41, 5.74) is 6.09. The topological polar surface area (TPSA) is 72.2 Å². The molecule has 3 N–H and O–H groups in total. The van der Waals surface area contributed by atoms with Crippen LogP contribution in [0.15, 0.2) is 35.2 Å². The monoisotopic (exact) mass is 280 g/mol. The maximum absolute atomic E-state index is 12.7. The predicted molar refractivity (Wildman–Crippen MR) is 74.5 cm³/mol. The van der Waals surface area contributed by atoms with E-state index in [1.165, 1.54) is 0 Å². The summed E-state index contributed by atoms with van der Waals surface area (Å²) < 4.78 is 25.5. The first-order chi connectivity index (χ1) is 9.00. The summed E-state index contributed by atoms with van der Waals surface area (Å²) in [7, 11) is -3.27. The molecule has 1 aromatic carbocycles. The molecule has 1 aromatic rings. The lowest BCUT2D eigenvalue weighted by Crippen LogP contribution is -2.53. The lowest BCUT2D eigenvalue weighted by Gasteiger charge is -2.33. The van der Waals surface area contributed by atoms with Crippen molar-refractivity contribution in [3.63, 3.8) is 0 Å². The van der Waals surface area contributed by atoms with Crippen molar-refractivity contribution in [2.45, 2.75) is 48.0 Å². The number of hydrogen-bond acceptors (Lipinski definition) is 4. The SMILES string of the molecule is CC1CC(N)C2CC(S(=O)(=O)c3ccccc3)C1N2. The fourth-order valence-corrected chi connectivity index (χ4v) is 5.57. The summed E-state index contributed by atoms with van der Waals surface area (Å²) in [5, 5.41) is 3.07. The smallest absolute Gasteiger partial charge is 0.182 e. The third-order valence-electron chi connectivity index (χ3n) is 4.54. The van der Waals surface area contributed by atoms with Crippen LogP contribution in [0.1, 0.15) is 19.8 Å². The predicted octanol–water partition coefficient (Wildman–Crippen LogP) is 0.926. The van der Waals surface area contributed by atoms with Crippen molar-refractivity contribution in [2.75, 3.05) is 0 Å². The second-order valence-corrected chi connectivity index (χ2v) is 7.97. The zero-order chi connectivity index (χ0) is 13.6. The number of fused-ring (bicyclic) bond motifs is 2. The van der Waals surface area contributed by atoms with Gasteiger partial charge in [-0.25, -0.2) is 8.42 Å². The number of hydrogen-bond donors (Lipinski definition) is 2. The number of rotatable bonds is 2. The Morgan fingerprint density at radius 2 is 1.89 bits per heavy atom. The van der Waals surface area contributed by atoms with Gasteiger partial charge in [0, 0.05) is 18.1 Å². The summed E-state index contributed by atoms with van der Waals surface area (Å²) in [6, 6.07) is 9.00. The molecule has 5 heteroatoms. The van der Waals surface area contributed by atoms with Crippen molar-refractivity contribution in [2.24, 2.45) is 11.7 Å². The van der Waals surface area contributed by atoms with Crippen molar-refractivity contribution in [3.05, 3.63) is 30.3 Å². The van der Waals surface area contributed by atoms with Crippen LogP contribution in [0.4, 0.5) is 0 Å². The number of benzene rings is 1. The molecule has 2 bridgehead atoms. The Morgan fingerprint density at radius 1 is 1.21 bits per heavy atom. The fraction of sp³-hybridized carbons (Fsp3) is 0.571. The van der Waals surface area contributed by atoms with Crippen molar-refractivity contribution >= 4 is 9.84 Å². The standard InChI is InChI=1S/C14H20N2O2S/c1-9-7-11(15)12-8-13(14(9)16-12)19(17,18)10-5-3-2-4-6-10/h2-6,9,11-14,16H,7-8,15H2,1H3. The Bertz CT molecular complexity index is 558. The molecule has 2 aliphatic heterocycles. The summed E-state index contributed by atoms with van der Waals surface area (Å²) in [4.78, 5) is 0.426. The second kappa shape index (κ2) is 4.58. The molecule has 0 aromatic heterocycles. The Morgan fingerprint density at radius 3 is 2.58 bits per heavy atom. The largest absolute Gasteiger partial charge is 0.326 e. The molecule has 5 atom stereocenters. The molecule has 2 saturated heterocycles. The van der Waals surface area contributed by atoms with Gasteiger partial charge >= 0.3 is 0 Å². The van der Waals surface area contributed by atoms with Gasteiger partial charge < -0.3 is 11.1 Å². The molecule has 4 nitrogen and oxygen atoms in total. The number of nitrogens with one attached hydrogen (secondary N) is 1. The van der Waals surface area contributed by atoms with Crippen LogP contribution in [0.25, 0.3) is 0 Å². The van der Waals surface area contributed by atoms with Gasteiger partial charge in [-0.05, 0) is 30.9 Å². The molecule has 0 saturated carbocycles. The van der Waals surface area contributed by atoms with Crippen LogP contribution in [-0.4, -0.2) is 31.8 Å². The van der Waals surface area contributed by atoms with Crippen LogP contribution >= 0.6 is 0 Å². The Kier molecular flexibility index (Phi) is 3.15. The van der Waals surface area contributed by atoms with E-state index in [9.17, 15) is 8.42 Å². The molecule has 3 rings (SSSR count). The van der Waals surface area contributed by atoms with Gasteiger partial charge in [0.2, 0.25) is 0 Å². The Hall–Kier alpha value is -0.910. The van der Waals surface area contributed by atoms with Gasteiger partial charge in [-0.2, -0.15) is 0 Å². The average molecular weight is 280 g/mol. The average Bonchev–Trinajstić information content (AvgIpc) is 2.80. The quantitative estimate of drug-likeness (QED) is 0.845. The highest BCUT2D eigenvalue weighted by molar-refractivity contribution is 7.92. The highest BCUT2D eigenvalue weighted by atomic mass is 32.2. The first kappa shape index (κ1) is 13.1. The minimum Gasteiger partial charge on any atom is -0.326 e. The molecular weight excluding hydrogens is 260 g/mol. The lowest BCUT2D eigenvalue weighted by molar-refractivity contribution is 0.278. The zero-order valence-electron chi connectivity index (χ0n) is 11.0. The Balaban J connectivity index is 1.95. The van der Waals surface area contributed by atoms with E-state index in [1.54, 1.807) is 24.3 Å². The van der Waals surface area contributed by atoms with Crippen molar-refractivity contribution in [1.29, 1.82) is 0 Å². The van der Waals surface area contributed by atoms with Crippen LogP contribution in [0.5, 0.6) is 0 Å².